The molecule has 2 nitrogen and oxygen atoms in total. The van der Waals surface area contributed by atoms with Crippen LogP contribution in [0.25, 0.3) is 6.08 Å². The average molecular weight is 298 g/mol. The van der Waals surface area contributed by atoms with E-state index >= 15 is 0 Å². The third kappa shape index (κ3) is 4.44. The van der Waals surface area contributed by atoms with Gasteiger partial charge in [0.2, 0.25) is 0 Å². The summed E-state index contributed by atoms with van der Waals surface area (Å²) in [5.74, 6) is 0.936. The second-order valence-electron chi connectivity index (χ2n) is 7.08. The smallest absolute Gasteiger partial charge is 0.0167 e. The molecule has 0 amide bonds. The molecule has 22 heavy (non-hydrogen) atoms. The van der Waals surface area contributed by atoms with E-state index in [1.165, 1.54) is 57.4 Å². The van der Waals surface area contributed by atoms with Gasteiger partial charge in [0.15, 0.2) is 0 Å². The average Bonchev–Trinajstić information content (AvgIpc) is 2.56. The fraction of sp³-hybridized carbons (Fsp3) is 0.600. The predicted octanol–water partition coefficient (Wildman–Crippen LogP) is 3.90. The monoisotopic (exact) mass is 298 g/mol. The molecule has 1 saturated heterocycles. The van der Waals surface area contributed by atoms with Gasteiger partial charge < -0.3 is 0 Å². The lowest BCUT2D eigenvalue weighted by molar-refractivity contribution is 0.0740. The van der Waals surface area contributed by atoms with E-state index in [0.29, 0.717) is 0 Å². The molecule has 1 heterocycles. The molecule has 1 aromatic rings. The Balaban J connectivity index is 1.41. The van der Waals surface area contributed by atoms with Gasteiger partial charge >= 0.3 is 0 Å². The first-order valence-electron chi connectivity index (χ1n) is 8.99. The van der Waals surface area contributed by atoms with Gasteiger partial charge in [-0.1, -0.05) is 62.2 Å². The van der Waals surface area contributed by atoms with Crippen LogP contribution in [0.1, 0.15) is 38.2 Å². The van der Waals surface area contributed by atoms with Crippen molar-refractivity contribution < 1.29 is 0 Å². The molecule has 0 N–H and O–H groups in total. The third-order valence-corrected chi connectivity index (χ3v) is 5.31. The highest BCUT2D eigenvalue weighted by atomic mass is 15.3. The van der Waals surface area contributed by atoms with Gasteiger partial charge in [-0.2, -0.15) is 0 Å². The van der Waals surface area contributed by atoms with E-state index in [1.54, 1.807) is 0 Å². The normalized spacial score (nSPS) is 28.2. The molecule has 1 aliphatic carbocycles. The molecule has 120 valence electrons. The molecule has 0 aromatic heterocycles. The summed E-state index contributed by atoms with van der Waals surface area (Å²) in [6.45, 7) is 8.49. The zero-order valence-electron chi connectivity index (χ0n) is 14.0. The number of hydrogen-bond donors (Lipinski definition) is 0. The van der Waals surface area contributed by atoms with E-state index in [2.05, 4.69) is 59.2 Å². The lowest BCUT2D eigenvalue weighted by atomic mass is 9.86. The number of piperazine rings is 1. The van der Waals surface area contributed by atoms with Gasteiger partial charge in [0.1, 0.15) is 0 Å². The molecule has 2 atom stereocenters. The Labute approximate surface area is 135 Å². The van der Waals surface area contributed by atoms with E-state index in [-0.39, 0.29) is 0 Å². The molecular formula is C20H30N2. The van der Waals surface area contributed by atoms with Gasteiger partial charge in [0.25, 0.3) is 0 Å². The zero-order chi connectivity index (χ0) is 15.2. The maximum Gasteiger partial charge on any atom is 0.0167 e. The number of hydrogen-bond acceptors (Lipinski definition) is 2. The second kappa shape index (κ2) is 7.94. The summed E-state index contributed by atoms with van der Waals surface area (Å²) in [5, 5.41) is 0. The fourth-order valence-electron chi connectivity index (χ4n) is 3.95. The Hall–Kier alpha value is -1.12. The van der Waals surface area contributed by atoms with Gasteiger partial charge in [0.05, 0.1) is 0 Å². The van der Waals surface area contributed by atoms with Gasteiger partial charge in [-0.15, -0.1) is 0 Å². The van der Waals surface area contributed by atoms with Crippen LogP contribution < -0.4 is 0 Å². The Bertz CT molecular complexity index is 460. The maximum atomic E-state index is 2.76. The van der Waals surface area contributed by atoms with Crippen LogP contribution in [-0.4, -0.2) is 48.6 Å². The first-order chi connectivity index (χ1) is 10.8. The van der Waals surface area contributed by atoms with E-state index in [9.17, 15) is 0 Å². The predicted molar refractivity (Wildman–Crippen MR) is 94.9 cm³/mol. The summed E-state index contributed by atoms with van der Waals surface area (Å²) in [6.07, 6.45) is 10.3. The van der Waals surface area contributed by atoms with Crippen molar-refractivity contribution in [1.29, 1.82) is 0 Å². The van der Waals surface area contributed by atoms with Crippen molar-refractivity contribution in [1.82, 2.24) is 9.80 Å². The van der Waals surface area contributed by atoms with E-state index in [1.807, 2.05) is 0 Å². The number of nitrogens with zero attached hydrogens (tertiary/aromatic N) is 2. The van der Waals surface area contributed by atoms with Gasteiger partial charge in [-0.25, -0.2) is 0 Å². The van der Waals surface area contributed by atoms with Crippen molar-refractivity contribution in [3.8, 4) is 0 Å². The van der Waals surface area contributed by atoms with Crippen LogP contribution >= 0.6 is 0 Å². The molecule has 2 heteroatoms. The first kappa shape index (κ1) is 15.8. The van der Waals surface area contributed by atoms with E-state index < -0.39 is 0 Å². The molecule has 2 aliphatic rings. The molecule has 1 saturated carbocycles. The SMILES string of the molecule is C[C@@H]1CCC[C@H](N2CCN(C/C=C/c3ccccc3)CC2)C1. The Kier molecular flexibility index (Phi) is 5.69. The van der Waals surface area contributed by atoms with Crippen molar-refractivity contribution in [3.05, 3.63) is 42.0 Å². The Morgan fingerprint density at radius 3 is 2.55 bits per heavy atom. The van der Waals surface area contributed by atoms with Crippen molar-refractivity contribution in [3.63, 3.8) is 0 Å². The summed E-state index contributed by atoms with van der Waals surface area (Å²) >= 11 is 0. The molecule has 0 spiro atoms. The minimum absolute atomic E-state index is 0.866. The van der Waals surface area contributed by atoms with Crippen molar-refractivity contribution >= 4 is 6.08 Å². The molecule has 0 unspecified atom stereocenters. The summed E-state index contributed by atoms with van der Waals surface area (Å²) < 4.78 is 0. The topological polar surface area (TPSA) is 6.48 Å². The molecule has 0 radical (unpaired) electrons. The second-order valence-corrected chi connectivity index (χ2v) is 7.08. The number of benzene rings is 1. The van der Waals surface area contributed by atoms with E-state index in [0.717, 1.165) is 18.5 Å². The summed E-state index contributed by atoms with van der Waals surface area (Å²) in [4.78, 5) is 5.34. The highest BCUT2D eigenvalue weighted by Gasteiger charge is 2.27. The van der Waals surface area contributed by atoms with Crippen LogP contribution in [0.3, 0.4) is 0 Å². The van der Waals surface area contributed by atoms with Crippen LogP contribution in [0.15, 0.2) is 36.4 Å². The summed E-state index contributed by atoms with van der Waals surface area (Å²) in [5.41, 5.74) is 1.30. The van der Waals surface area contributed by atoms with Gasteiger partial charge in [0, 0.05) is 38.8 Å². The lowest BCUT2D eigenvalue weighted by Gasteiger charge is -2.41. The summed E-state index contributed by atoms with van der Waals surface area (Å²) in [7, 11) is 0. The third-order valence-electron chi connectivity index (χ3n) is 5.31. The van der Waals surface area contributed by atoms with Crippen LogP contribution in [0.5, 0.6) is 0 Å². The van der Waals surface area contributed by atoms with Gasteiger partial charge in [-0.05, 0) is 24.3 Å². The quantitative estimate of drug-likeness (QED) is 0.832. The van der Waals surface area contributed by atoms with Crippen molar-refractivity contribution in [2.24, 2.45) is 5.92 Å². The molecule has 3 rings (SSSR count). The standard InChI is InChI=1S/C20H30N2/c1-18-7-5-11-20(17-18)22-15-13-21(14-16-22)12-6-10-19-8-3-2-4-9-19/h2-4,6,8-10,18,20H,5,7,11-17H2,1H3/b10-6+/t18-,20+/m1/s1. The molecule has 0 bridgehead atoms. The lowest BCUT2D eigenvalue weighted by Crippen LogP contribution is -2.51. The van der Waals surface area contributed by atoms with Crippen molar-refractivity contribution in [2.75, 3.05) is 32.7 Å². The van der Waals surface area contributed by atoms with Crippen LogP contribution in [0.2, 0.25) is 0 Å². The zero-order valence-corrected chi connectivity index (χ0v) is 14.0. The highest BCUT2D eigenvalue weighted by Crippen LogP contribution is 2.27. The first-order valence-corrected chi connectivity index (χ1v) is 8.99. The fourth-order valence-corrected chi connectivity index (χ4v) is 3.95. The molecular weight excluding hydrogens is 268 g/mol. The summed E-state index contributed by atoms with van der Waals surface area (Å²) in [6, 6.07) is 11.5. The Morgan fingerprint density at radius 1 is 1.05 bits per heavy atom. The van der Waals surface area contributed by atoms with Crippen LogP contribution in [-0.2, 0) is 0 Å². The maximum absolute atomic E-state index is 2.76. The van der Waals surface area contributed by atoms with Crippen LogP contribution in [0.4, 0.5) is 0 Å². The van der Waals surface area contributed by atoms with Gasteiger partial charge in [-0.3, -0.25) is 9.80 Å². The van der Waals surface area contributed by atoms with E-state index in [4.69, 9.17) is 0 Å². The van der Waals surface area contributed by atoms with Crippen LogP contribution in [0, 0.1) is 5.92 Å². The Morgan fingerprint density at radius 2 is 1.82 bits per heavy atom. The number of rotatable bonds is 4. The molecule has 2 fully saturated rings. The molecule has 1 aliphatic heterocycles. The minimum Gasteiger partial charge on any atom is -0.298 e. The van der Waals surface area contributed by atoms with Crippen molar-refractivity contribution in [2.45, 2.75) is 38.6 Å². The minimum atomic E-state index is 0.866. The largest absolute Gasteiger partial charge is 0.298 e. The molecule has 1 aromatic carbocycles. The highest BCUT2D eigenvalue weighted by molar-refractivity contribution is 5.48.